The molecule has 0 atom stereocenters. The van der Waals surface area contributed by atoms with Crippen LogP contribution in [0.2, 0.25) is 0 Å². The van der Waals surface area contributed by atoms with Crippen molar-refractivity contribution < 1.29 is 14.5 Å². The molecule has 0 aliphatic rings. The molecule has 1 amide bonds. The smallest absolute Gasteiger partial charge is 0.270 e. The van der Waals surface area contributed by atoms with E-state index >= 15 is 0 Å². The van der Waals surface area contributed by atoms with Crippen LogP contribution in [0, 0.1) is 10.1 Å². The number of benzene rings is 1. The fourth-order valence-electron chi connectivity index (χ4n) is 1.46. The summed E-state index contributed by atoms with van der Waals surface area (Å²) in [6.45, 7) is 1.37. The quantitative estimate of drug-likeness (QED) is 0.506. The van der Waals surface area contributed by atoms with E-state index in [-0.39, 0.29) is 27.9 Å². The molecule has 0 fully saturated rings. The molecule has 0 saturated carbocycles. The van der Waals surface area contributed by atoms with E-state index in [1.807, 2.05) is 0 Å². The van der Waals surface area contributed by atoms with Crippen molar-refractivity contribution in [3.63, 3.8) is 0 Å². The Hall–Kier alpha value is -2.13. The summed E-state index contributed by atoms with van der Waals surface area (Å²) < 4.78 is 0.425. The van der Waals surface area contributed by atoms with Crippen LogP contribution in [0.25, 0.3) is 0 Å². The molecule has 2 aromatic rings. The number of nitrogens with one attached hydrogen (secondary N) is 1. The van der Waals surface area contributed by atoms with Gasteiger partial charge in [-0.3, -0.25) is 25.0 Å². The van der Waals surface area contributed by atoms with E-state index < -0.39 is 10.8 Å². The first-order valence-electron chi connectivity index (χ1n) is 5.60. The highest BCUT2D eigenvalue weighted by Crippen LogP contribution is 2.24. The number of amides is 1. The molecule has 7 nitrogen and oxygen atoms in total. The van der Waals surface area contributed by atoms with Crippen molar-refractivity contribution in [2.75, 3.05) is 5.32 Å². The van der Waals surface area contributed by atoms with Crippen LogP contribution in [0.4, 0.5) is 10.8 Å². The molecule has 1 N–H and O–H groups in total. The van der Waals surface area contributed by atoms with E-state index in [9.17, 15) is 19.7 Å². The van der Waals surface area contributed by atoms with Gasteiger partial charge in [-0.2, -0.15) is 0 Å². The minimum absolute atomic E-state index is 0.115. The van der Waals surface area contributed by atoms with E-state index in [1.165, 1.54) is 30.5 Å². The maximum Gasteiger partial charge on any atom is 0.270 e. The van der Waals surface area contributed by atoms with Crippen LogP contribution < -0.4 is 5.32 Å². The second kappa shape index (κ2) is 6.10. The summed E-state index contributed by atoms with van der Waals surface area (Å²) in [6.07, 6.45) is 0. The molecule has 1 heterocycles. The van der Waals surface area contributed by atoms with E-state index in [2.05, 4.69) is 26.2 Å². The topological polar surface area (TPSA) is 102 Å². The molecular formula is C12H8BrN3O4S. The van der Waals surface area contributed by atoms with Crippen molar-refractivity contribution in [2.24, 2.45) is 0 Å². The largest absolute Gasteiger partial charge is 0.298 e. The van der Waals surface area contributed by atoms with Gasteiger partial charge in [0.1, 0.15) is 5.69 Å². The van der Waals surface area contributed by atoms with Gasteiger partial charge in [0.15, 0.2) is 10.9 Å². The number of carbonyl (C=O) groups is 2. The summed E-state index contributed by atoms with van der Waals surface area (Å²) in [5.74, 6) is -0.752. The number of anilines is 1. The second-order valence-corrected chi connectivity index (χ2v) is 5.68. The van der Waals surface area contributed by atoms with Gasteiger partial charge in [-0.15, -0.1) is 11.3 Å². The zero-order valence-electron chi connectivity index (χ0n) is 10.6. The third kappa shape index (κ3) is 3.50. The van der Waals surface area contributed by atoms with Gasteiger partial charge in [0.25, 0.3) is 11.6 Å². The lowest BCUT2D eigenvalue weighted by Gasteiger charge is -2.04. The molecule has 0 radical (unpaired) electrons. The van der Waals surface area contributed by atoms with Crippen molar-refractivity contribution in [1.82, 2.24) is 4.98 Å². The average molecular weight is 370 g/mol. The number of thiazole rings is 1. The van der Waals surface area contributed by atoms with E-state index in [0.29, 0.717) is 4.47 Å². The Balaban J connectivity index is 2.25. The number of Topliss-reactive ketones (excluding diaryl/α,β-unsaturated/α-hetero) is 1. The van der Waals surface area contributed by atoms with Gasteiger partial charge in [-0.25, -0.2) is 4.98 Å². The summed E-state index contributed by atoms with van der Waals surface area (Å²) in [5.41, 5.74) is 0.184. The number of halogens is 1. The van der Waals surface area contributed by atoms with Crippen LogP contribution in [0.5, 0.6) is 0 Å². The second-order valence-electron chi connectivity index (χ2n) is 3.97. The third-order valence-electron chi connectivity index (χ3n) is 2.49. The van der Waals surface area contributed by atoms with E-state index in [0.717, 1.165) is 11.3 Å². The Bertz CT molecular complexity index is 744. The minimum atomic E-state index is -0.583. The molecule has 1 aromatic carbocycles. The summed E-state index contributed by atoms with van der Waals surface area (Å²) in [7, 11) is 0. The molecule has 0 unspecified atom stereocenters. The molecule has 0 spiro atoms. The van der Waals surface area contributed by atoms with Crippen LogP contribution in [-0.4, -0.2) is 21.6 Å². The predicted molar refractivity (Wildman–Crippen MR) is 80.9 cm³/mol. The monoisotopic (exact) mass is 369 g/mol. The number of carbonyl (C=O) groups excluding carboxylic acids is 2. The highest BCUT2D eigenvalue weighted by atomic mass is 79.9. The van der Waals surface area contributed by atoms with Crippen molar-refractivity contribution in [3.8, 4) is 0 Å². The number of aromatic nitrogens is 1. The lowest BCUT2D eigenvalue weighted by Crippen LogP contribution is -2.13. The Labute approximate surface area is 131 Å². The van der Waals surface area contributed by atoms with E-state index in [1.54, 1.807) is 0 Å². The molecule has 0 aliphatic carbocycles. The molecule has 108 valence electrons. The van der Waals surface area contributed by atoms with Gasteiger partial charge in [0.05, 0.1) is 10.5 Å². The SMILES string of the molecule is CC(=O)c1csc(NC(=O)c2cc([N+](=O)[O-])ccc2Br)n1. The van der Waals surface area contributed by atoms with Crippen molar-refractivity contribution in [1.29, 1.82) is 0 Å². The zero-order valence-corrected chi connectivity index (χ0v) is 13.0. The molecule has 21 heavy (non-hydrogen) atoms. The number of hydrogen-bond acceptors (Lipinski definition) is 6. The Kier molecular flexibility index (Phi) is 4.43. The van der Waals surface area contributed by atoms with Gasteiger partial charge < -0.3 is 0 Å². The Morgan fingerprint density at radius 2 is 2.14 bits per heavy atom. The average Bonchev–Trinajstić information content (AvgIpc) is 2.87. The maximum atomic E-state index is 12.1. The summed E-state index contributed by atoms with van der Waals surface area (Å²) >= 11 is 4.27. The Morgan fingerprint density at radius 3 is 2.71 bits per heavy atom. The van der Waals surface area contributed by atoms with Crippen LogP contribution in [0.3, 0.4) is 0 Å². The highest BCUT2D eigenvalue weighted by molar-refractivity contribution is 9.10. The number of nitro groups is 1. The summed E-state index contributed by atoms with van der Waals surface area (Å²) in [4.78, 5) is 37.3. The van der Waals surface area contributed by atoms with Gasteiger partial charge in [0, 0.05) is 28.9 Å². The number of ketones is 1. The van der Waals surface area contributed by atoms with Gasteiger partial charge in [-0.05, 0) is 22.0 Å². The lowest BCUT2D eigenvalue weighted by atomic mass is 10.2. The molecule has 2 rings (SSSR count). The molecular weight excluding hydrogens is 362 g/mol. The molecule has 9 heteroatoms. The third-order valence-corrected chi connectivity index (χ3v) is 3.94. The van der Waals surface area contributed by atoms with Gasteiger partial charge >= 0.3 is 0 Å². The number of rotatable bonds is 4. The summed E-state index contributed by atoms with van der Waals surface area (Å²) in [6, 6.07) is 3.88. The minimum Gasteiger partial charge on any atom is -0.298 e. The molecule has 0 saturated heterocycles. The van der Waals surface area contributed by atoms with Gasteiger partial charge in [-0.1, -0.05) is 0 Å². The maximum absolute atomic E-state index is 12.1. The highest BCUT2D eigenvalue weighted by Gasteiger charge is 2.17. The molecule has 0 bridgehead atoms. The van der Waals surface area contributed by atoms with E-state index in [4.69, 9.17) is 0 Å². The number of nitrogens with zero attached hydrogens (tertiary/aromatic N) is 2. The number of hydrogen-bond donors (Lipinski definition) is 1. The van der Waals surface area contributed by atoms with Crippen LogP contribution >= 0.6 is 27.3 Å². The van der Waals surface area contributed by atoms with Crippen LogP contribution in [0.1, 0.15) is 27.8 Å². The molecule has 0 aliphatic heterocycles. The first-order valence-corrected chi connectivity index (χ1v) is 7.27. The van der Waals surface area contributed by atoms with Crippen LogP contribution in [0.15, 0.2) is 28.1 Å². The fourth-order valence-corrected chi connectivity index (χ4v) is 2.63. The molecule has 1 aromatic heterocycles. The van der Waals surface area contributed by atoms with Crippen molar-refractivity contribution >= 4 is 49.8 Å². The standard InChI is InChI=1S/C12H8BrN3O4S/c1-6(17)10-5-21-12(14-10)15-11(18)8-4-7(16(19)20)2-3-9(8)13/h2-5H,1H3,(H,14,15,18). The zero-order chi connectivity index (χ0) is 15.6. The van der Waals surface area contributed by atoms with Crippen molar-refractivity contribution in [3.05, 3.63) is 49.4 Å². The number of non-ortho nitro benzene ring substituents is 1. The fraction of sp³-hybridized carbons (Fsp3) is 0.0833. The van der Waals surface area contributed by atoms with Crippen molar-refractivity contribution in [2.45, 2.75) is 6.92 Å². The lowest BCUT2D eigenvalue weighted by molar-refractivity contribution is -0.384. The predicted octanol–water partition coefficient (Wildman–Crippen LogP) is 3.27. The first kappa shape index (κ1) is 15.3. The van der Waals surface area contributed by atoms with Gasteiger partial charge in [0.2, 0.25) is 0 Å². The normalized spacial score (nSPS) is 10.2. The first-order chi connectivity index (χ1) is 9.88. The summed E-state index contributed by atoms with van der Waals surface area (Å²) in [5, 5.41) is 15.0. The number of nitro benzene ring substituents is 1. The Morgan fingerprint density at radius 1 is 1.43 bits per heavy atom. The van der Waals surface area contributed by atoms with Crippen LogP contribution in [-0.2, 0) is 0 Å².